The van der Waals surface area contributed by atoms with E-state index < -0.39 is 16.1 Å². The molecule has 0 saturated carbocycles. The number of rotatable bonds is 14. The number of carbonyl (C=O) groups excluding carboxylic acids is 2. The minimum atomic E-state index is -3.56. The molecule has 36 heavy (non-hydrogen) atoms. The molecular formula is C27H39N3O5S. The van der Waals surface area contributed by atoms with Crippen molar-refractivity contribution in [2.24, 2.45) is 5.92 Å². The van der Waals surface area contributed by atoms with Crippen LogP contribution in [0.25, 0.3) is 0 Å². The van der Waals surface area contributed by atoms with Crippen molar-refractivity contribution in [3.05, 3.63) is 60.2 Å². The zero-order valence-electron chi connectivity index (χ0n) is 21.9. The van der Waals surface area contributed by atoms with Gasteiger partial charge in [-0.2, -0.15) is 0 Å². The molecule has 0 aliphatic rings. The van der Waals surface area contributed by atoms with Crippen LogP contribution in [0.5, 0.6) is 5.75 Å². The molecular weight excluding hydrogens is 478 g/mol. The Hall–Kier alpha value is -3.07. The number of sulfonamides is 1. The van der Waals surface area contributed by atoms with Crippen molar-refractivity contribution in [2.45, 2.75) is 46.1 Å². The van der Waals surface area contributed by atoms with Crippen molar-refractivity contribution in [3.63, 3.8) is 0 Å². The average molecular weight is 518 g/mol. The van der Waals surface area contributed by atoms with Crippen LogP contribution in [-0.2, 0) is 26.0 Å². The maximum Gasteiger partial charge on any atom is 0.242 e. The van der Waals surface area contributed by atoms with Crippen LogP contribution in [0.15, 0.2) is 54.6 Å². The van der Waals surface area contributed by atoms with Gasteiger partial charge in [0.2, 0.25) is 21.8 Å². The first kappa shape index (κ1) is 29.2. The lowest BCUT2D eigenvalue weighted by atomic mass is 10.1. The summed E-state index contributed by atoms with van der Waals surface area (Å²) < 4.78 is 31.4. The zero-order chi connectivity index (χ0) is 26.7. The summed E-state index contributed by atoms with van der Waals surface area (Å²) in [6.45, 7) is 6.83. The largest absolute Gasteiger partial charge is 0.497 e. The molecule has 0 unspecified atom stereocenters. The van der Waals surface area contributed by atoms with Crippen LogP contribution in [0.4, 0.5) is 5.69 Å². The number of methoxy groups -OCH3 is 1. The van der Waals surface area contributed by atoms with Crippen LogP contribution < -0.4 is 14.4 Å². The summed E-state index contributed by atoms with van der Waals surface area (Å²) in [5, 5.41) is 2.91. The maximum absolute atomic E-state index is 13.3. The number of benzene rings is 2. The van der Waals surface area contributed by atoms with E-state index in [9.17, 15) is 18.0 Å². The molecule has 2 amide bonds. The lowest BCUT2D eigenvalue weighted by Gasteiger charge is -2.29. The first-order chi connectivity index (χ1) is 17.0. The Morgan fingerprint density at radius 3 is 2.31 bits per heavy atom. The van der Waals surface area contributed by atoms with Crippen LogP contribution in [0, 0.1) is 5.92 Å². The minimum absolute atomic E-state index is 0.118. The molecule has 9 heteroatoms. The van der Waals surface area contributed by atoms with Crippen LogP contribution >= 0.6 is 0 Å². The van der Waals surface area contributed by atoms with Crippen LogP contribution in [-0.4, -0.2) is 64.2 Å². The van der Waals surface area contributed by atoms with Crippen molar-refractivity contribution in [1.29, 1.82) is 0 Å². The van der Waals surface area contributed by atoms with Gasteiger partial charge in [0.25, 0.3) is 0 Å². The van der Waals surface area contributed by atoms with Crippen molar-refractivity contribution in [1.82, 2.24) is 10.2 Å². The fourth-order valence-corrected chi connectivity index (χ4v) is 4.75. The summed E-state index contributed by atoms with van der Waals surface area (Å²) >= 11 is 0. The highest BCUT2D eigenvalue weighted by molar-refractivity contribution is 7.92. The molecule has 0 aromatic heterocycles. The average Bonchev–Trinajstić information content (AvgIpc) is 2.84. The third-order valence-corrected chi connectivity index (χ3v) is 7.02. The molecule has 198 valence electrons. The first-order valence-corrected chi connectivity index (χ1v) is 14.1. The molecule has 8 nitrogen and oxygen atoms in total. The molecule has 0 heterocycles. The zero-order valence-corrected chi connectivity index (χ0v) is 22.8. The van der Waals surface area contributed by atoms with Gasteiger partial charge in [-0.25, -0.2) is 8.42 Å². The summed E-state index contributed by atoms with van der Waals surface area (Å²) in [5.74, 6) is 0.468. The first-order valence-electron chi connectivity index (χ1n) is 12.3. The second-order valence-electron chi connectivity index (χ2n) is 9.28. The number of nitrogens with zero attached hydrogens (tertiary/aromatic N) is 2. The maximum atomic E-state index is 13.3. The van der Waals surface area contributed by atoms with Gasteiger partial charge < -0.3 is 15.0 Å². The van der Waals surface area contributed by atoms with E-state index in [0.29, 0.717) is 43.3 Å². The van der Waals surface area contributed by atoms with E-state index in [2.05, 4.69) is 5.32 Å². The van der Waals surface area contributed by atoms with E-state index in [1.807, 2.05) is 44.2 Å². The van der Waals surface area contributed by atoms with E-state index in [1.165, 1.54) is 11.4 Å². The van der Waals surface area contributed by atoms with Gasteiger partial charge in [0.05, 0.1) is 19.1 Å². The van der Waals surface area contributed by atoms with E-state index in [0.717, 1.165) is 11.8 Å². The van der Waals surface area contributed by atoms with Gasteiger partial charge in [-0.05, 0) is 43.4 Å². The van der Waals surface area contributed by atoms with E-state index in [-0.39, 0.29) is 24.8 Å². The molecule has 0 aliphatic heterocycles. The van der Waals surface area contributed by atoms with E-state index in [1.54, 1.807) is 36.1 Å². The highest BCUT2D eigenvalue weighted by atomic mass is 32.2. The van der Waals surface area contributed by atoms with Gasteiger partial charge in [0.1, 0.15) is 11.8 Å². The number of hydrogen-bond donors (Lipinski definition) is 1. The minimum Gasteiger partial charge on any atom is -0.497 e. The number of carbonyl (C=O) groups is 2. The summed E-state index contributed by atoms with van der Waals surface area (Å²) in [7, 11) is -2.05. The van der Waals surface area contributed by atoms with Crippen LogP contribution in [0.2, 0.25) is 0 Å². The molecule has 2 aromatic carbocycles. The predicted octanol–water partition coefficient (Wildman–Crippen LogP) is 3.47. The second-order valence-corrected chi connectivity index (χ2v) is 11.2. The lowest BCUT2D eigenvalue weighted by Crippen LogP contribution is -2.49. The second kappa shape index (κ2) is 13.9. The van der Waals surface area contributed by atoms with Gasteiger partial charge >= 0.3 is 0 Å². The monoisotopic (exact) mass is 517 g/mol. The van der Waals surface area contributed by atoms with Crippen LogP contribution in [0.1, 0.15) is 39.2 Å². The molecule has 0 aliphatic carbocycles. The molecule has 1 atom stereocenters. The Morgan fingerprint density at radius 2 is 1.69 bits per heavy atom. The van der Waals surface area contributed by atoms with Gasteiger partial charge in [-0.1, -0.05) is 50.2 Å². The Morgan fingerprint density at radius 1 is 1.00 bits per heavy atom. The van der Waals surface area contributed by atoms with Gasteiger partial charge in [0, 0.05) is 32.1 Å². The molecule has 0 bridgehead atoms. The smallest absolute Gasteiger partial charge is 0.242 e. The Kier molecular flexibility index (Phi) is 11.2. The van der Waals surface area contributed by atoms with Gasteiger partial charge in [-0.15, -0.1) is 0 Å². The van der Waals surface area contributed by atoms with Gasteiger partial charge in [0.15, 0.2) is 0 Å². The standard InChI is InChI=1S/C27H39N3O5S/c1-21(2)20-28-27(32)22(3)29(18-16-23-11-7-6-8-12-23)26(31)15-10-17-30(36(5,33)34)24-13-9-14-25(19-24)35-4/h6-9,11-14,19,21-22H,10,15-18,20H2,1-5H3,(H,28,32)/t22-/m0/s1. The Bertz CT molecular complexity index is 1090. The number of anilines is 1. The number of nitrogens with one attached hydrogen (secondary N) is 1. The van der Waals surface area contributed by atoms with E-state index >= 15 is 0 Å². The number of amides is 2. The number of hydrogen-bond acceptors (Lipinski definition) is 5. The van der Waals surface area contributed by atoms with Crippen molar-refractivity contribution in [2.75, 3.05) is 37.3 Å². The third kappa shape index (κ3) is 9.18. The topological polar surface area (TPSA) is 96.0 Å². The van der Waals surface area contributed by atoms with E-state index in [4.69, 9.17) is 4.74 Å². The predicted molar refractivity (Wildman–Crippen MR) is 144 cm³/mol. The molecule has 0 fully saturated rings. The molecule has 2 aromatic rings. The Labute approximate surface area is 215 Å². The Balaban J connectivity index is 2.11. The fourth-order valence-electron chi connectivity index (χ4n) is 3.79. The molecule has 1 N–H and O–H groups in total. The normalized spacial score (nSPS) is 12.2. The molecule has 0 saturated heterocycles. The number of ether oxygens (including phenoxy) is 1. The highest BCUT2D eigenvalue weighted by Crippen LogP contribution is 2.23. The lowest BCUT2D eigenvalue weighted by molar-refractivity contribution is -0.140. The quantitative estimate of drug-likeness (QED) is 0.414. The van der Waals surface area contributed by atoms with Crippen molar-refractivity contribution >= 4 is 27.5 Å². The summed E-state index contributed by atoms with van der Waals surface area (Å²) in [4.78, 5) is 27.6. The summed E-state index contributed by atoms with van der Waals surface area (Å²) in [6.07, 6.45) is 2.19. The summed E-state index contributed by atoms with van der Waals surface area (Å²) in [5.41, 5.74) is 1.55. The van der Waals surface area contributed by atoms with Crippen molar-refractivity contribution < 1.29 is 22.7 Å². The van der Waals surface area contributed by atoms with Crippen LogP contribution in [0.3, 0.4) is 0 Å². The van der Waals surface area contributed by atoms with Crippen molar-refractivity contribution in [3.8, 4) is 5.75 Å². The molecule has 0 radical (unpaired) electrons. The summed E-state index contributed by atoms with van der Waals surface area (Å²) in [6, 6.07) is 16.0. The highest BCUT2D eigenvalue weighted by Gasteiger charge is 2.26. The fraction of sp³-hybridized carbons (Fsp3) is 0.481. The molecule has 2 rings (SSSR count). The SMILES string of the molecule is COc1cccc(N(CCCC(=O)N(CCc2ccccc2)[C@@H](C)C(=O)NCC(C)C)S(C)(=O)=O)c1. The van der Waals surface area contributed by atoms with Gasteiger partial charge in [-0.3, -0.25) is 13.9 Å². The molecule has 0 spiro atoms. The third-order valence-electron chi connectivity index (χ3n) is 5.83.